The first kappa shape index (κ1) is 29.4. The third-order valence-electron chi connectivity index (χ3n) is 4.53. The highest BCUT2D eigenvalue weighted by Gasteiger charge is 2.25. The average Bonchev–Trinajstić information content (AvgIpc) is 2.70. The molecule has 0 aromatic heterocycles. The number of aryl methyl sites for hydroxylation is 1. The number of aliphatic hydroxyl groups is 1. The number of anilines is 1. The van der Waals surface area contributed by atoms with Crippen LogP contribution in [-0.4, -0.2) is 43.3 Å². The maximum absolute atomic E-state index is 12.2. The van der Waals surface area contributed by atoms with Gasteiger partial charge in [-0.1, -0.05) is 38.3 Å². The SMILES string of the molecule is CCCCCCc1ccc(CC(CO)C(=O)OC(C)(C)C)c(N)c1.CCOCOCC. The molecule has 31 heavy (non-hydrogen) atoms. The first-order chi connectivity index (χ1) is 14.7. The molecule has 6 heteroatoms. The van der Waals surface area contributed by atoms with Crippen LogP contribution in [0.25, 0.3) is 0 Å². The predicted octanol–water partition coefficient (Wildman–Crippen LogP) is 4.90. The lowest BCUT2D eigenvalue weighted by Gasteiger charge is -2.23. The number of rotatable bonds is 13. The van der Waals surface area contributed by atoms with Crippen LogP contribution in [0.15, 0.2) is 18.2 Å². The summed E-state index contributed by atoms with van der Waals surface area (Å²) < 4.78 is 15.1. The van der Waals surface area contributed by atoms with Gasteiger partial charge in [0.1, 0.15) is 12.4 Å². The Morgan fingerprint density at radius 1 is 1.06 bits per heavy atom. The fourth-order valence-electron chi connectivity index (χ4n) is 2.84. The van der Waals surface area contributed by atoms with Crippen LogP contribution < -0.4 is 5.73 Å². The van der Waals surface area contributed by atoms with Gasteiger partial charge in [0, 0.05) is 18.9 Å². The summed E-state index contributed by atoms with van der Waals surface area (Å²) in [4.78, 5) is 12.2. The molecule has 0 radical (unpaired) electrons. The van der Waals surface area contributed by atoms with Gasteiger partial charge in [-0.3, -0.25) is 4.79 Å². The molecule has 0 heterocycles. The quantitative estimate of drug-likeness (QED) is 0.197. The molecule has 1 unspecified atom stereocenters. The minimum Gasteiger partial charge on any atom is -0.460 e. The smallest absolute Gasteiger partial charge is 0.312 e. The second kappa shape index (κ2) is 17.0. The number of hydrogen-bond acceptors (Lipinski definition) is 6. The van der Waals surface area contributed by atoms with Gasteiger partial charge < -0.3 is 25.1 Å². The molecule has 1 rings (SSSR count). The zero-order valence-electron chi connectivity index (χ0n) is 20.5. The number of esters is 1. The fourth-order valence-corrected chi connectivity index (χ4v) is 2.84. The Kier molecular flexibility index (Phi) is 16.1. The molecular weight excluding hydrogens is 394 g/mol. The molecule has 0 saturated heterocycles. The Bertz CT molecular complexity index is 594. The summed E-state index contributed by atoms with van der Waals surface area (Å²) in [6.45, 7) is 13.2. The number of hydrogen-bond donors (Lipinski definition) is 2. The van der Waals surface area contributed by atoms with Crippen LogP contribution in [-0.2, 0) is 31.8 Å². The van der Waals surface area contributed by atoms with Gasteiger partial charge in [-0.2, -0.15) is 0 Å². The summed E-state index contributed by atoms with van der Waals surface area (Å²) >= 11 is 0. The van der Waals surface area contributed by atoms with Gasteiger partial charge in [0.2, 0.25) is 0 Å². The van der Waals surface area contributed by atoms with Gasteiger partial charge in [0.15, 0.2) is 0 Å². The zero-order chi connectivity index (χ0) is 23.7. The van der Waals surface area contributed by atoms with Gasteiger partial charge in [0.25, 0.3) is 0 Å². The van der Waals surface area contributed by atoms with E-state index in [9.17, 15) is 9.90 Å². The Morgan fingerprint density at radius 3 is 2.19 bits per heavy atom. The molecule has 0 amide bonds. The molecule has 0 aliphatic rings. The molecule has 0 fully saturated rings. The molecular formula is C25H45NO5. The number of carbonyl (C=O) groups is 1. The summed E-state index contributed by atoms with van der Waals surface area (Å²) in [7, 11) is 0. The van der Waals surface area contributed by atoms with Crippen molar-refractivity contribution in [3.8, 4) is 0 Å². The van der Waals surface area contributed by atoms with E-state index in [0.29, 0.717) is 18.9 Å². The zero-order valence-corrected chi connectivity index (χ0v) is 20.5. The van der Waals surface area contributed by atoms with Gasteiger partial charge in [-0.15, -0.1) is 0 Å². The van der Waals surface area contributed by atoms with Crippen molar-refractivity contribution < 1.29 is 24.1 Å². The topological polar surface area (TPSA) is 91.0 Å². The summed E-state index contributed by atoms with van der Waals surface area (Å²) in [5.41, 5.74) is 8.39. The summed E-state index contributed by atoms with van der Waals surface area (Å²) in [6, 6.07) is 6.03. The van der Waals surface area contributed by atoms with E-state index in [1.54, 1.807) is 0 Å². The molecule has 0 saturated carbocycles. The molecule has 1 aromatic rings. The van der Waals surface area contributed by atoms with Gasteiger partial charge in [-0.25, -0.2) is 0 Å². The van der Waals surface area contributed by atoms with Gasteiger partial charge in [-0.05, 0) is 71.1 Å². The van der Waals surface area contributed by atoms with E-state index in [-0.39, 0.29) is 12.6 Å². The molecule has 6 nitrogen and oxygen atoms in total. The summed E-state index contributed by atoms with van der Waals surface area (Å²) in [5, 5.41) is 9.53. The molecule has 1 aromatic carbocycles. The third-order valence-corrected chi connectivity index (χ3v) is 4.53. The molecule has 0 spiro atoms. The Balaban J connectivity index is 0.00000110. The fraction of sp³-hybridized carbons (Fsp3) is 0.720. The summed E-state index contributed by atoms with van der Waals surface area (Å²) in [6.07, 6.45) is 6.33. The van der Waals surface area contributed by atoms with Crippen LogP contribution >= 0.6 is 0 Å². The van der Waals surface area contributed by atoms with Crippen molar-refractivity contribution in [1.29, 1.82) is 0 Å². The lowest BCUT2D eigenvalue weighted by Crippen LogP contribution is -2.31. The second-order valence-electron chi connectivity index (χ2n) is 8.56. The average molecular weight is 440 g/mol. The van der Waals surface area contributed by atoms with Crippen molar-refractivity contribution in [2.24, 2.45) is 5.92 Å². The molecule has 0 aliphatic heterocycles. The highest BCUT2D eigenvalue weighted by atomic mass is 16.7. The van der Waals surface area contributed by atoms with Crippen LogP contribution in [0.2, 0.25) is 0 Å². The van der Waals surface area contributed by atoms with Crippen LogP contribution in [0.5, 0.6) is 0 Å². The molecule has 0 aliphatic carbocycles. The molecule has 0 bridgehead atoms. The van der Waals surface area contributed by atoms with Crippen molar-refractivity contribution in [3.63, 3.8) is 0 Å². The van der Waals surface area contributed by atoms with E-state index in [2.05, 4.69) is 13.0 Å². The number of nitrogens with two attached hydrogens (primary N) is 1. The molecule has 1 atom stereocenters. The number of nitrogen functional groups attached to an aromatic ring is 1. The van der Waals surface area contributed by atoms with Gasteiger partial charge in [0.05, 0.1) is 12.5 Å². The maximum atomic E-state index is 12.2. The van der Waals surface area contributed by atoms with Crippen LogP contribution in [0.3, 0.4) is 0 Å². The van der Waals surface area contributed by atoms with E-state index in [1.807, 2.05) is 46.8 Å². The number of ether oxygens (including phenoxy) is 3. The normalized spacial score (nSPS) is 12.1. The molecule has 180 valence electrons. The maximum Gasteiger partial charge on any atom is 0.312 e. The highest BCUT2D eigenvalue weighted by molar-refractivity contribution is 5.73. The minimum absolute atomic E-state index is 0.243. The predicted molar refractivity (Wildman–Crippen MR) is 127 cm³/mol. The number of aliphatic hydroxyl groups excluding tert-OH is 1. The standard InChI is InChI=1S/C20H33NO3.C5H12O2/c1-5-6-7-8-9-15-10-11-16(18(21)12-15)13-17(14-22)19(23)24-20(2,3)4;1-3-6-5-7-4-2/h10-12,17,22H,5-9,13-14,21H2,1-4H3;3-5H2,1-2H3. The summed E-state index contributed by atoms with van der Waals surface area (Å²) in [5.74, 6) is -0.963. The second-order valence-corrected chi connectivity index (χ2v) is 8.56. The van der Waals surface area contributed by atoms with E-state index >= 15 is 0 Å². The van der Waals surface area contributed by atoms with Crippen molar-refractivity contribution in [2.45, 2.75) is 85.7 Å². The van der Waals surface area contributed by atoms with Crippen LogP contribution in [0.4, 0.5) is 5.69 Å². The lowest BCUT2D eigenvalue weighted by molar-refractivity contribution is -0.161. The Morgan fingerprint density at radius 2 is 1.71 bits per heavy atom. The monoisotopic (exact) mass is 439 g/mol. The number of unbranched alkanes of at least 4 members (excludes halogenated alkanes) is 3. The van der Waals surface area contributed by atoms with Crippen molar-refractivity contribution in [3.05, 3.63) is 29.3 Å². The van der Waals surface area contributed by atoms with Crippen LogP contribution in [0, 0.1) is 5.92 Å². The van der Waals surface area contributed by atoms with E-state index in [1.165, 1.54) is 31.2 Å². The highest BCUT2D eigenvalue weighted by Crippen LogP contribution is 2.21. The van der Waals surface area contributed by atoms with Crippen molar-refractivity contribution in [2.75, 3.05) is 32.3 Å². The van der Waals surface area contributed by atoms with Crippen molar-refractivity contribution in [1.82, 2.24) is 0 Å². The largest absolute Gasteiger partial charge is 0.460 e. The van der Waals surface area contributed by atoms with Crippen LogP contribution in [0.1, 0.15) is 78.4 Å². The van der Waals surface area contributed by atoms with Crippen molar-refractivity contribution >= 4 is 11.7 Å². The number of carbonyl (C=O) groups excluding carboxylic acids is 1. The molecule has 3 N–H and O–H groups in total. The first-order valence-corrected chi connectivity index (χ1v) is 11.5. The Hall–Kier alpha value is -1.63. The minimum atomic E-state index is -0.582. The van der Waals surface area contributed by atoms with E-state index < -0.39 is 11.5 Å². The third kappa shape index (κ3) is 14.9. The first-order valence-electron chi connectivity index (χ1n) is 11.5. The van der Waals surface area contributed by atoms with Gasteiger partial charge >= 0.3 is 5.97 Å². The Labute approximate surface area is 189 Å². The van der Waals surface area contributed by atoms with E-state index in [4.69, 9.17) is 19.9 Å². The van der Waals surface area contributed by atoms with E-state index in [0.717, 1.165) is 25.2 Å². The lowest BCUT2D eigenvalue weighted by atomic mass is 9.96. The number of benzene rings is 1.